The van der Waals surface area contributed by atoms with Crippen molar-refractivity contribution >= 4 is 11.9 Å². The lowest BCUT2D eigenvalue weighted by molar-refractivity contribution is -0.150. The average Bonchev–Trinajstić information content (AvgIpc) is 3.01. The lowest BCUT2D eigenvalue weighted by atomic mass is 10.2. The van der Waals surface area contributed by atoms with Gasteiger partial charge in [-0.25, -0.2) is 4.79 Å². The van der Waals surface area contributed by atoms with Gasteiger partial charge in [-0.3, -0.25) is 23.9 Å². The number of H-pyrrole nitrogens is 1. The number of hydrogen-bond acceptors (Lipinski definition) is 8. The van der Waals surface area contributed by atoms with E-state index >= 15 is 0 Å². The van der Waals surface area contributed by atoms with Crippen LogP contribution in [0.4, 0.5) is 0 Å². The summed E-state index contributed by atoms with van der Waals surface area (Å²) in [6, 6.07) is 0. The molecule has 0 saturated carbocycles. The molecule has 1 aliphatic rings. The zero-order valence-electron chi connectivity index (χ0n) is 15.6. The third-order valence-electron chi connectivity index (χ3n) is 3.93. The Morgan fingerprint density at radius 2 is 2.11 bits per heavy atom. The molecule has 1 aromatic rings. The van der Waals surface area contributed by atoms with Crippen molar-refractivity contribution in [3.8, 4) is 11.8 Å². The molecule has 10 nitrogen and oxygen atoms in total. The molecule has 0 radical (unpaired) electrons. The van der Waals surface area contributed by atoms with E-state index in [0.717, 1.165) is 4.57 Å². The SMILES string of the molecule is CC(=O)OCCCC#Cc1cn([C@H]2C[C@H](OC(C)=O)[C@@H](CO)O2)c(=O)[nH]c1=O. The average molecular weight is 394 g/mol. The Hall–Kier alpha value is -2.90. The number of ether oxygens (including phenoxy) is 3. The Labute approximate surface area is 160 Å². The Morgan fingerprint density at radius 3 is 2.75 bits per heavy atom. The minimum atomic E-state index is -0.824. The summed E-state index contributed by atoms with van der Waals surface area (Å²) in [5.41, 5.74) is -1.27. The summed E-state index contributed by atoms with van der Waals surface area (Å²) < 4.78 is 16.6. The number of hydrogen-bond donors (Lipinski definition) is 2. The van der Waals surface area contributed by atoms with Crippen LogP contribution in [0.25, 0.3) is 0 Å². The number of carbonyl (C=O) groups excluding carboxylic acids is 2. The van der Waals surface area contributed by atoms with E-state index < -0.39 is 35.7 Å². The maximum atomic E-state index is 12.1. The highest BCUT2D eigenvalue weighted by Gasteiger charge is 2.38. The molecular weight excluding hydrogens is 372 g/mol. The first-order valence-corrected chi connectivity index (χ1v) is 8.73. The molecule has 0 aliphatic carbocycles. The number of aliphatic hydroxyl groups excluding tert-OH is 1. The Morgan fingerprint density at radius 1 is 1.36 bits per heavy atom. The van der Waals surface area contributed by atoms with Gasteiger partial charge in [-0.15, -0.1) is 0 Å². The molecule has 10 heteroatoms. The van der Waals surface area contributed by atoms with Gasteiger partial charge in [-0.05, 0) is 6.42 Å². The lowest BCUT2D eigenvalue weighted by Crippen LogP contribution is -2.33. The summed E-state index contributed by atoms with van der Waals surface area (Å²) in [6.45, 7) is 2.40. The summed E-state index contributed by atoms with van der Waals surface area (Å²) in [4.78, 5) is 48.1. The van der Waals surface area contributed by atoms with Gasteiger partial charge in [-0.1, -0.05) is 11.8 Å². The number of aromatic nitrogens is 2. The van der Waals surface area contributed by atoms with Crippen LogP contribution in [0.2, 0.25) is 0 Å². The summed E-state index contributed by atoms with van der Waals surface area (Å²) >= 11 is 0. The molecule has 152 valence electrons. The van der Waals surface area contributed by atoms with E-state index in [-0.39, 0.29) is 31.2 Å². The zero-order valence-corrected chi connectivity index (χ0v) is 15.6. The standard InChI is InChI=1S/C18H22N2O8/c1-11(22)26-7-5-3-4-6-13-9-20(18(25)19-17(13)24)16-8-14(27-12(2)23)15(10-21)28-16/h9,14-16,21H,3,5,7-8,10H2,1-2H3,(H,19,24,25)/t14-,15+,16+/m0/s1. The van der Waals surface area contributed by atoms with Gasteiger partial charge in [-0.2, -0.15) is 0 Å². The lowest BCUT2D eigenvalue weighted by Gasteiger charge is -2.15. The summed E-state index contributed by atoms with van der Waals surface area (Å²) in [5.74, 6) is 4.56. The molecule has 0 bridgehead atoms. The molecule has 0 unspecified atom stereocenters. The van der Waals surface area contributed by atoms with Crippen molar-refractivity contribution in [2.75, 3.05) is 13.2 Å². The van der Waals surface area contributed by atoms with Gasteiger partial charge in [0.05, 0.1) is 13.2 Å². The zero-order chi connectivity index (χ0) is 20.7. The van der Waals surface area contributed by atoms with Crippen molar-refractivity contribution in [3.63, 3.8) is 0 Å². The number of rotatable bonds is 6. The van der Waals surface area contributed by atoms with E-state index in [0.29, 0.717) is 12.8 Å². The number of nitrogens with one attached hydrogen (secondary N) is 1. The van der Waals surface area contributed by atoms with Crippen LogP contribution in [-0.4, -0.2) is 52.0 Å². The molecule has 2 N–H and O–H groups in total. The monoisotopic (exact) mass is 394 g/mol. The fraction of sp³-hybridized carbons (Fsp3) is 0.556. The molecule has 3 atom stereocenters. The molecular formula is C18H22N2O8. The molecule has 0 aromatic carbocycles. The summed E-state index contributed by atoms with van der Waals surface area (Å²) in [5, 5.41) is 9.39. The molecule has 1 fully saturated rings. The topological polar surface area (TPSA) is 137 Å². The molecule has 0 amide bonds. The fourth-order valence-corrected chi connectivity index (χ4v) is 2.69. The van der Waals surface area contributed by atoms with Crippen molar-refractivity contribution in [1.29, 1.82) is 0 Å². The van der Waals surface area contributed by atoms with Crippen molar-refractivity contribution in [1.82, 2.24) is 9.55 Å². The summed E-state index contributed by atoms with van der Waals surface area (Å²) in [6.07, 6.45) is 0.0213. The van der Waals surface area contributed by atoms with Gasteiger partial charge in [0.15, 0.2) is 0 Å². The first-order valence-electron chi connectivity index (χ1n) is 8.73. The van der Waals surface area contributed by atoms with Gasteiger partial charge in [0.25, 0.3) is 5.56 Å². The van der Waals surface area contributed by atoms with Crippen LogP contribution in [-0.2, 0) is 23.8 Å². The highest BCUT2D eigenvalue weighted by Crippen LogP contribution is 2.29. The molecule has 2 heterocycles. The predicted molar refractivity (Wildman–Crippen MR) is 95.2 cm³/mol. The molecule has 2 rings (SSSR count). The number of aromatic amines is 1. The van der Waals surface area contributed by atoms with Gasteiger partial charge >= 0.3 is 17.6 Å². The van der Waals surface area contributed by atoms with E-state index in [9.17, 15) is 24.3 Å². The van der Waals surface area contributed by atoms with E-state index in [4.69, 9.17) is 14.2 Å². The number of aliphatic hydroxyl groups is 1. The van der Waals surface area contributed by atoms with Crippen LogP contribution in [0.15, 0.2) is 15.8 Å². The summed E-state index contributed by atoms with van der Waals surface area (Å²) in [7, 11) is 0. The van der Waals surface area contributed by atoms with E-state index in [1.54, 1.807) is 0 Å². The van der Waals surface area contributed by atoms with Crippen molar-refractivity contribution < 1.29 is 28.9 Å². The van der Waals surface area contributed by atoms with Crippen LogP contribution >= 0.6 is 0 Å². The molecule has 1 aromatic heterocycles. The number of carbonyl (C=O) groups is 2. The molecule has 28 heavy (non-hydrogen) atoms. The van der Waals surface area contributed by atoms with Crippen molar-refractivity contribution in [3.05, 3.63) is 32.6 Å². The van der Waals surface area contributed by atoms with Gasteiger partial charge in [0.1, 0.15) is 24.0 Å². The van der Waals surface area contributed by atoms with Gasteiger partial charge in [0.2, 0.25) is 0 Å². The second-order valence-electron chi connectivity index (χ2n) is 6.15. The van der Waals surface area contributed by atoms with Gasteiger partial charge in [0, 0.05) is 32.9 Å². The molecule has 1 aliphatic heterocycles. The predicted octanol–water partition coefficient (Wildman–Crippen LogP) is -0.557. The first kappa shape index (κ1) is 21.4. The van der Waals surface area contributed by atoms with Crippen molar-refractivity contribution in [2.45, 2.75) is 51.5 Å². The largest absolute Gasteiger partial charge is 0.466 e. The Bertz CT molecular complexity index is 891. The fourth-order valence-electron chi connectivity index (χ4n) is 2.69. The highest BCUT2D eigenvalue weighted by atomic mass is 16.6. The third-order valence-corrected chi connectivity index (χ3v) is 3.93. The second kappa shape index (κ2) is 9.87. The Balaban J connectivity index is 2.13. The van der Waals surface area contributed by atoms with E-state index in [2.05, 4.69) is 16.8 Å². The molecule has 0 spiro atoms. The van der Waals surface area contributed by atoms with E-state index in [1.165, 1.54) is 20.0 Å². The van der Waals surface area contributed by atoms with Crippen LogP contribution in [0, 0.1) is 11.8 Å². The number of esters is 2. The normalized spacial score (nSPS) is 20.9. The van der Waals surface area contributed by atoms with Crippen molar-refractivity contribution in [2.24, 2.45) is 0 Å². The maximum absolute atomic E-state index is 12.1. The smallest absolute Gasteiger partial charge is 0.330 e. The minimum absolute atomic E-state index is 0.0622. The van der Waals surface area contributed by atoms with Gasteiger partial charge < -0.3 is 19.3 Å². The molecule has 1 saturated heterocycles. The van der Waals surface area contributed by atoms with Crippen LogP contribution < -0.4 is 11.2 Å². The minimum Gasteiger partial charge on any atom is -0.466 e. The quantitative estimate of drug-likeness (QED) is 0.372. The number of nitrogens with zero attached hydrogens (tertiary/aromatic N) is 1. The maximum Gasteiger partial charge on any atom is 0.330 e. The third kappa shape index (κ3) is 5.80. The van der Waals surface area contributed by atoms with Crippen LogP contribution in [0.3, 0.4) is 0 Å². The van der Waals surface area contributed by atoms with Crippen LogP contribution in [0.1, 0.15) is 44.9 Å². The highest BCUT2D eigenvalue weighted by molar-refractivity contribution is 5.66. The second-order valence-corrected chi connectivity index (χ2v) is 6.15. The van der Waals surface area contributed by atoms with E-state index in [1.807, 2.05) is 0 Å². The first-order chi connectivity index (χ1) is 13.3. The Kier molecular flexibility index (Phi) is 7.54. The van der Waals surface area contributed by atoms with Crippen LogP contribution in [0.5, 0.6) is 0 Å². The number of unbranched alkanes of at least 4 members (excludes halogenated alkanes) is 1.